The molecule has 1 heterocycles. The van der Waals surface area contributed by atoms with Crippen LogP contribution in [0.25, 0.3) is 0 Å². The maximum Gasteiger partial charge on any atom is 0.259 e. The summed E-state index contributed by atoms with van der Waals surface area (Å²) in [5.74, 6) is -0.338. The van der Waals surface area contributed by atoms with Crippen molar-refractivity contribution in [1.82, 2.24) is 9.97 Å². The molecule has 0 aliphatic rings. The summed E-state index contributed by atoms with van der Waals surface area (Å²) in [5, 5.41) is 4.16. The zero-order valence-electron chi connectivity index (χ0n) is 11.7. The Balaban J connectivity index is 2.33. The van der Waals surface area contributed by atoms with Crippen molar-refractivity contribution in [3.05, 3.63) is 45.2 Å². The van der Waals surface area contributed by atoms with E-state index < -0.39 is 0 Å². The van der Waals surface area contributed by atoms with Crippen LogP contribution in [0.2, 0.25) is 10.0 Å². The lowest BCUT2D eigenvalue weighted by molar-refractivity contribution is 0.102. The molecule has 0 spiro atoms. The van der Waals surface area contributed by atoms with E-state index in [0.29, 0.717) is 32.1 Å². The normalized spacial score (nSPS) is 10.5. The second-order valence-electron chi connectivity index (χ2n) is 4.36. The summed E-state index contributed by atoms with van der Waals surface area (Å²) in [6, 6.07) is 3.49. The molecule has 0 atom stereocenters. The van der Waals surface area contributed by atoms with Gasteiger partial charge >= 0.3 is 0 Å². The molecule has 1 aromatic heterocycles. The third-order valence-electron chi connectivity index (χ3n) is 2.91. The van der Waals surface area contributed by atoms with Crippen LogP contribution in [0.1, 0.15) is 21.6 Å². The van der Waals surface area contributed by atoms with Crippen LogP contribution in [-0.4, -0.2) is 22.1 Å². The molecule has 2 rings (SSSR count). The highest BCUT2D eigenvalue weighted by Crippen LogP contribution is 2.33. The number of benzene rings is 1. The highest BCUT2D eigenvalue weighted by Gasteiger charge is 2.16. The summed E-state index contributed by atoms with van der Waals surface area (Å²) >= 11 is 13.7. The molecular formula is C14H13Cl2N3OS. The molecule has 0 aliphatic heterocycles. The van der Waals surface area contributed by atoms with E-state index in [9.17, 15) is 4.79 Å². The lowest BCUT2D eigenvalue weighted by Crippen LogP contribution is -2.15. The summed E-state index contributed by atoms with van der Waals surface area (Å²) in [6.07, 6.45) is 3.38. The lowest BCUT2D eigenvalue weighted by atomic mass is 10.2. The first-order valence-electron chi connectivity index (χ1n) is 6.07. The molecule has 0 saturated carbocycles. The van der Waals surface area contributed by atoms with Gasteiger partial charge in [0.25, 0.3) is 5.91 Å². The highest BCUT2D eigenvalue weighted by atomic mass is 35.5. The lowest BCUT2D eigenvalue weighted by Gasteiger charge is -2.12. The first-order valence-corrected chi connectivity index (χ1v) is 8.05. The van der Waals surface area contributed by atoms with Gasteiger partial charge in [0.15, 0.2) is 5.16 Å². The van der Waals surface area contributed by atoms with Crippen molar-refractivity contribution in [2.45, 2.75) is 19.0 Å². The van der Waals surface area contributed by atoms with Gasteiger partial charge in [-0.15, -0.1) is 0 Å². The van der Waals surface area contributed by atoms with E-state index >= 15 is 0 Å². The quantitative estimate of drug-likeness (QED) is 0.665. The predicted molar refractivity (Wildman–Crippen MR) is 87.7 cm³/mol. The van der Waals surface area contributed by atoms with E-state index in [-0.39, 0.29) is 5.91 Å². The molecule has 7 heteroatoms. The van der Waals surface area contributed by atoms with Gasteiger partial charge in [-0.3, -0.25) is 4.79 Å². The Morgan fingerprint density at radius 3 is 2.62 bits per heavy atom. The van der Waals surface area contributed by atoms with Gasteiger partial charge in [-0.05, 0) is 31.7 Å². The van der Waals surface area contributed by atoms with Crippen molar-refractivity contribution in [1.29, 1.82) is 0 Å². The van der Waals surface area contributed by atoms with Crippen molar-refractivity contribution >= 4 is 46.6 Å². The van der Waals surface area contributed by atoms with Crippen molar-refractivity contribution in [2.75, 3.05) is 11.6 Å². The Bertz CT molecular complexity index is 707. The first kappa shape index (κ1) is 16.1. The van der Waals surface area contributed by atoms with Gasteiger partial charge in [-0.2, -0.15) is 0 Å². The van der Waals surface area contributed by atoms with Crippen LogP contribution in [0.3, 0.4) is 0 Å². The Morgan fingerprint density at radius 2 is 2.00 bits per heavy atom. The first-order chi connectivity index (χ1) is 9.93. The molecule has 110 valence electrons. The van der Waals surface area contributed by atoms with Crippen molar-refractivity contribution < 1.29 is 4.79 Å². The molecule has 0 unspecified atom stereocenters. The average Bonchev–Trinajstić information content (AvgIpc) is 2.47. The van der Waals surface area contributed by atoms with Crippen LogP contribution in [0, 0.1) is 13.8 Å². The Kier molecular flexibility index (Phi) is 5.08. The van der Waals surface area contributed by atoms with Crippen LogP contribution in [0.5, 0.6) is 0 Å². The van der Waals surface area contributed by atoms with E-state index in [1.165, 1.54) is 18.0 Å². The zero-order valence-corrected chi connectivity index (χ0v) is 14.0. The van der Waals surface area contributed by atoms with Crippen molar-refractivity contribution in [3.8, 4) is 0 Å². The molecular weight excluding hydrogens is 329 g/mol. The fourth-order valence-corrected chi connectivity index (χ4v) is 2.57. The standard InChI is InChI=1S/C14H13Cl2N3OS/c1-7-4-5-10(15)12(11(7)16)19-13(20)9-6-17-14(21-3)18-8(9)2/h4-6H,1-3H3,(H,19,20). The van der Waals surface area contributed by atoms with E-state index in [0.717, 1.165) is 5.56 Å². The molecule has 0 bridgehead atoms. The van der Waals surface area contributed by atoms with Crippen LogP contribution < -0.4 is 5.32 Å². The summed E-state index contributed by atoms with van der Waals surface area (Å²) in [7, 11) is 0. The van der Waals surface area contributed by atoms with Crippen LogP contribution >= 0.6 is 35.0 Å². The number of anilines is 1. The number of hydrogen-bond donors (Lipinski definition) is 1. The molecule has 0 fully saturated rings. The molecule has 0 saturated heterocycles. The number of aryl methyl sites for hydroxylation is 2. The third-order valence-corrected chi connectivity index (χ3v) is 4.27. The van der Waals surface area contributed by atoms with E-state index in [1.54, 1.807) is 19.1 Å². The number of aromatic nitrogens is 2. The molecule has 0 aliphatic carbocycles. The van der Waals surface area contributed by atoms with Gasteiger partial charge in [0.1, 0.15) is 0 Å². The summed E-state index contributed by atoms with van der Waals surface area (Å²) in [6.45, 7) is 3.60. The molecule has 21 heavy (non-hydrogen) atoms. The largest absolute Gasteiger partial charge is 0.319 e. The number of halogens is 2. The Morgan fingerprint density at radius 1 is 1.29 bits per heavy atom. The van der Waals surface area contributed by atoms with Gasteiger partial charge in [0, 0.05) is 6.20 Å². The minimum atomic E-state index is -0.338. The monoisotopic (exact) mass is 341 g/mol. The number of amides is 1. The molecule has 0 radical (unpaired) electrons. The van der Waals surface area contributed by atoms with Gasteiger partial charge in [0.05, 0.1) is 27.0 Å². The molecule has 4 nitrogen and oxygen atoms in total. The average molecular weight is 342 g/mol. The Hall–Kier alpha value is -1.30. The maximum atomic E-state index is 12.3. The van der Waals surface area contributed by atoms with E-state index in [4.69, 9.17) is 23.2 Å². The zero-order chi connectivity index (χ0) is 15.6. The second kappa shape index (κ2) is 6.64. The van der Waals surface area contributed by atoms with Gasteiger partial charge in [-0.25, -0.2) is 9.97 Å². The van der Waals surface area contributed by atoms with Gasteiger partial charge < -0.3 is 5.32 Å². The minimum Gasteiger partial charge on any atom is -0.319 e. The van der Waals surface area contributed by atoms with E-state index in [1.807, 2.05) is 13.2 Å². The summed E-state index contributed by atoms with van der Waals surface area (Å²) in [4.78, 5) is 20.7. The molecule has 1 N–H and O–H groups in total. The third kappa shape index (κ3) is 3.48. The van der Waals surface area contributed by atoms with Crippen molar-refractivity contribution in [2.24, 2.45) is 0 Å². The minimum absolute atomic E-state index is 0.338. The SMILES string of the molecule is CSc1ncc(C(=O)Nc2c(Cl)ccc(C)c2Cl)c(C)n1. The number of nitrogens with one attached hydrogen (secondary N) is 1. The number of carbonyl (C=O) groups is 1. The van der Waals surface area contributed by atoms with Crippen LogP contribution in [0.15, 0.2) is 23.5 Å². The summed E-state index contributed by atoms with van der Waals surface area (Å²) in [5.41, 5.74) is 2.23. The van der Waals surface area contributed by atoms with Gasteiger partial charge in [0.2, 0.25) is 0 Å². The molecule has 1 aromatic carbocycles. The number of nitrogens with zero attached hydrogens (tertiary/aromatic N) is 2. The molecule has 1 amide bonds. The van der Waals surface area contributed by atoms with Crippen LogP contribution in [0.4, 0.5) is 5.69 Å². The Labute approximate surface area is 137 Å². The van der Waals surface area contributed by atoms with Crippen molar-refractivity contribution in [3.63, 3.8) is 0 Å². The fraction of sp³-hybridized carbons (Fsp3) is 0.214. The topological polar surface area (TPSA) is 54.9 Å². The summed E-state index contributed by atoms with van der Waals surface area (Å²) < 4.78 is 0. The highest BCUT2D eigenvalue weighted by molar-refractivity contribution is 7.98. The molecule has 2 aromatic rings. The number of rotatable bonds is 3. The van der Waals surface area contributed by atoms with E-state index in [2.05, 4.69) is 15.3 Å². The predicted octanol–water partition coefficient (Wildman–Crippen LogP) is 4.37. The fourth-order valence-electron chi connectivity index (χ4n) is 1.72. The number of hydrogen-bond acceptors (Lipinski definition) is 4. The van der Waals surface area contributed by atoms with Gasteiger partial charge in [-0.1, -0.05) is 41.0 Å². The number of thioether (sulfide) groups is 1. The maximum absolute atomic E-state index is 12.3. The number of carbonyl (C=O) groups excluding carboxylic acids is 1. The smallest absolute Gasteiger partial charge is 0.259 e. The van der Waals surface area contributed by atoms with Crippen LogP contribution in [-0.2, 0) is 0 Å². The second-order valence-corrected chi connectivity index (χ2v) is 5.92.